The number of benzene rings is 8. The molecule has 0 saturated heterocycles. The van der Waals surface area contributed by atoms with E-state index in [-0.39, 0.29) is 0 Å². The Labute approximate surface area is 313 Å². The van der Waals surface area contributed by atoms with Crippen LogP contribution in [0.4, 0.5) is 34.1 Å². The third-order valence-electron chi connectivity index (χ3n) is 10.2. The molecule has 4 heteroatoms. The van der Waals surface area contributed by atoms with Gasteiger partial charge in [-0.1, -0.05) is 115 Å². The summed E-state index contributed by atoms with van der Waals surface area (Å²) in [7, 11) is 0. The number of fused-ring (bicyclic) bond motifs is 5. The van der Waals surface area contributed by atoms with E-state index in [0.29, 0.717) is 0 Å². The van der Waals surface area contributed by atoms with Gasteiger partial charge in [0, 0.05) is 62.0 Å². The lowest BCUT2D eigenvalue weighted by Gasteiger charge is -2.28. The molecular formula is C50H34N4. The van der Waals surface area contributed by atoms with Gasteiger partial charge in [-0.05, 0) is 101 Å². The number of anilines is 6. The molecule has 0 radical (unpaired) electrons. The average molecular weight is 691 g/mol. The molecular weight excluding hydrogens is 657 g/mol. The van der Waals surface area contributed by atoms with Crippen molar-refractivity contribution >= 4 is 77.6 Å². The summed E-state index contributed by atoms with van der Waals surface area (Å²) in [5.41, 5.74) is 11.6. The molecule has 0 aliphatic heterocycles. The van der Waals surface area contributed by atoms with Crippen LogP contribution >= 0.6 is 0 Å². The maximum atomic E-state index is 5.13. The van der Waals surface area contributed by atoms with Crippen molar-refractivity contribution in [3.8, 4) is 11.1 Å². The molecule has 0 spiro atoms. The van der Waals surface area contributed by atoms with Gasteiger partial charge in [-0.2, -0.15) is 0 Å². The van der Waals surface area contributed by atoms with Crippen LogP contribution in [0.15, 0.2) is 206 Å². The topological polar surface area (TPSA) is 32.3 Å². The standard InChI is InChI=1S/C50H34N4/c1-3-15-39(16-4-1)53(40-17-5-2-6-18-40)42-28-30-43(31-29-42)54(44-27-21-35-12-7-8-13-38(35)34-44)41-25-22-36(23-26-41)48-45-19-9-10-20-47(45)52-50-46(48)32-24-37-14-11-33-51-49(37)50/h1-34H. The molecule has 10 rings (SSSR count). The van der Waals surface area contributed by atoms with Gasteiger partial charge in [0.25, 0.3) is 0 Å². The average Bonchev–Trinajstić information content (AvgIpc) is 3.24. The molecule has 0 amide bonds. The van der Waals surface area contributed by atoms with Crippen LogP contribution in [0.1, 0.15) is 0 Å². The minimum absolute atomic E-state index is 0.919. The Kier molecular flexibility index (Phi) is 7.77. The second-order valence-corrected chi connectivity index (χ2v) is 13.5. The van der Waals surface area contributed by atoms with Gasteiger partial charge in [-0.3, -0.25) is 4.98 Å². The van der Waals surface area contributed by atoms with Crippen LogP contribution in [0.25, 0.3) is 54.6 Å². The highest BCUT2D eigenvalue weighted by Crippen LogP contribution is 2.42. The van der Waals surface area contributed by atoms with Gasteiger partial charge in [0.15, 0.2) is 0 Å². The van der Waals surface area contributed by atoms with E-state index in [1.807, 2.05) is 12.3 Å². The Morgan fingerprint density at radius 3 is 1.56 bits per heavy atom. The van der Waals surface area contributed by atoms with Crippen LogP contribution in [-0.2, 0) is 0 Å². The fourth-order valence-electron chi connectivity index (χ4n) is 7.70. The van der Waals surface area contributed by atoms with Crippen LogP contribution in [0.3, 0.4) is 0 Å². The second-order valence-electron chi connectivity index (χ2n) is 13.5. The zero-order valence-electron chi connectivity index (χ0n) is 29.4. The molecule has 0 saturated carbocycles. The first kappa shape index (κ1) is 31.4. The molecule has 2 aromatic heterocycles. The van der Waals surface area contributed by atoms with E-state index in [2.05, 4.69) is 204 Å². The van der Waals surface area contributed by atoms with E-state index in [0.717, 1.165) is 72.4 Å². The lowest BCUT2D eigenvalue weighted by Crippen LogP contribution is -2.12. The van der Waals surface area contributed by atoms with Crippen molar-refractivity contribution < 1.29 is 0 Å². The number of nitrogens with zero attached hydrogens (tertiary/aromatic N) is 4. The lowest BCUT2D eigenvalue weighted by atomic mass is 9.95. The van der Waals surface area contributed by atoms with E-state index >= 15 is 0 Å². The molecule has 0 N–H and O–H groups in total. The summed E-state index contributed by atoms with van der Waals surface area (Å²) in [6.07, 6.45) is 1.85. The van der Waals surface area contributed by atoms with Crippen LogP contribution in [0, 0.1) is 0 Å². The van der Waals surface area contributed by atoms with E-state index in [4.69, 9.17) is 9.97 Å². The summed E-state index contributed by atoms with van der Waals surface area (Å²) in [5.74, 6) is 0. The van der Waals surface area contributed by atoms with E-state index in [1.54, 1.807) is 0 Å². The molecule has 2 heterocycles. The largest absolute Gasteiger partial charge is 0.311 e. The molecule has 254 valence electrons. The minimum atomic E-state index is 0.919. The monoisotopic (exact) mass is 690 g/mol. The second kappa shape index (κ2) is 13.4. The summed E-state index contributed by atoms with van der Waals surface area (Å²) in [5, 5.41) is 5.71. The lowest BCUT2D eigenvalue weighted by molar-refractivity contribution is 1.26. The first-order valence-corrected chi connectivity index (χ1v) is 18.2. The van der Waals surface area contributed by atoms with Gasteiger partial charge < -0.3 is 9.80 Å². The maximum Gasteiger partial charge on any atom is 0.0978 e. The zero-order valence-corrected chi connectivity index (χ0v) is 29.4. The number of pyridine rings is 2. The molecule has 8 aromatic carbocycles. The fraction of sp³-hybridized carbons (Fsp3) is 0. The Morgan fingerprint density at radius 1 is 0.333 bits per heavy atom. The summed E-state index contributed by atoms with van der Waals surface area (Å²) >= 11 is 0. The maximum absolute atomic E-state index is 5.13. The SMILES string of the molecule is c1ccc(N(c2ccccc2)c2ccc(N(c3ccc(-c4c5ccccc5nc5c4ccc4cccnc45)cc3)c3ccc4ccccc4c3)cc2)cc1. The van der Waals surface area contributed by atoms with Crippen LogP contribution in [0.2, 0.25) is 0 Å². The third kappa shape index (κ3) is 5.58. The number of rotatable bonds is 7. The molecule has 0 atom stereocenters. The van der Waals surface area contributed by atoms with Gasteiger partial charge in [0.2, 0.25) is 0 Å². The molecule has 54 heavy (non-hydrogen) atoms. The third-order valence-corrected chi connectivity index (χ3v) is 10.2. The first-order chi connectivity index (χ1) is 26.8. The quantitative estimate of drug-likeness (QED) is 0.123. The van der Waals surface area contributed by atoms with Crippen LogP contribution < -0.4 is 9.80 Å². The highest BCUT2D eigenvalue weighted by atomic mass is 15.2. The van der Waals surface area contributed by atoms with Gasteiger partial charge in [0.05, 0.1) is 16.6 Å². The van der Waals surface area contributed by atoms with Crippen molar-refractivity contribution in [2.75, 3.05) is 9.80 Å². The predicted molar refractivity (Wildman–Crippen MR) is 227 cm³/mol. The molecule has 0 fully saturated rings. The van der Waals surface area contributed by atoms with Gasteiger partial charge >= 0.3 is 0 Å². The first-order valence-electron chi connectivity index (χ1n) is 18.2. The molecule has 0 bridgehead atoms. The predicted octanol–water partition coefficient (Wildman–Crippen LogP) is 13.7. The van der Waals surface area contributed by atoms with E-state index in [9.17, 15) is 0 Å². The minimum Gasteiger partial charge on any atom is -0.311 e. The normalized spacial score (nSPS) is 11.3. The summed E-state index contributed by atoms with van der Waals surface area (Å²) < 4.78 is 0. The molecule has 0 unspecified atom stereocenters. The van der Waals surface area contributed by atoms with Crippen molar-refractivity contribution in [3.63, 3.8) is 0 Å². The Balaban J connectivity index is 1.11. The Morgan fingerprint density at radius 2 is 0.852 bits per heavy atom. The van der Waals surface area contributed by atoms with Gasteiger partial charge in [0.1, 0.15) is 0 Å². The zero-order chi connectivity index (χ0) is 35.8. The summed E-state index contributed by atoms with van der Waals surface area (Å²) in [4.78, 5) is 14.5. The number of hydrogen-bond donors (Lipinski definition) is 0. The number of hydrogen-bond acceptors (Lipinski definition) is 4. The van der Waals surface area contributed by atoms with Crippen LogP contribution in [0.5, 0.6) is 0 Å². The van der Waals surface area contributed by atoms with Crippen LogP contribution in [-0.4, -0.2) is 9.97 Å². The van der Waals surface area contributed by atoms with Crippen molar-refractivity contribution in [3.05, 3.63) is 206 Å². The number of para-hydroxylation sites is 3. The van der Waals surface area contributed by atoms with Crippen molar-refractivity contribution in [1.82, 2.24) is 9.97 Å². The summed E-state index contributed by atoms with van der Waals surface area (Å²) in [6, 6.07) is 71.0. The highest BCUT2D eigenvalue weighted by molar-refractivity contribution is 6.16. The Hall–Kier alpha value is -7.30. The van der Waals surface area contributed by atoms with Crippen molar-refractivity contribution in [2.45, 2.75) is 0 Å². The van der Waals surface area contributed by atoms with Crippen molar-refractivity contribution in [2.24, 2.45) is 0 Å². The smallest absolute Gasteiger partial charge is 0.0978 e. The van der Waals surface area contributed by atoms with E-state index in [1.165, 1.54) is 16.3 Å². The molecule has 0 aliphatic carbocycles. The molecule has 0 aliphatic rings. The molecule has 4 nitrogen and oxygen atoms in total. The Bertz CT molecular complexity index is 2890. The van der Waals surface area contributed by atoms with E-state index < -0.39 is 0 Å². The van der Waals surface area contributed by atoms with Crippen molar-refractivity contribution in [1.29, 1.82) is 0 Å². The van der Waals surface area contributed by atoms with Gasteiger partial charge in [-0.15, -0.1) is 0 Å². The highest BCUT2D eigenvalue weighted by Gasteiger charge is 2.18. The number of aromatic nitrogens is 2. The van der Waals surface area contributed by atoms with Gasteiger partial charge in [-0.25, -0.2) is 4.98 Å². The summed E-state index contributed by atoms with van der Waals surface area (Å²) in [6.45, 7) is 0. The fourth-order valence-corrected chi connectivity index (χ4v) is 7.70. The molecule has 10 aromatic rings.